The predicted molar refractivity (Wildman–Crippen MR) is 74.2 cm³/mol. The molecule has 0 bridgehead atoms. The largest absolute Gasteiger partial charge is 0.391 e. The van der Waals surface area contributed by atoms with E-state index in [-0.39, 0.29) is 17.0 Å². The minimum atomic E-state index is -3.49. The monoisotopic (exact) mass is 291 g/mol. The van der Waals surface area contributed by atoms with Gasteiger partial charge < -0.3 is 5.11 Å². The summed E-state index contributed by atoms with van der Waals surface area (Å²) in [5, 5.41) is 10.6. The highest BCUT2D eigenvalue weighted by molar-refractivity contribution is 7.89. The summed E-state index contributed by atoms with van der Waals surface area (Å²) >= 11 is 1.26. The van der Waals surface area contributed by atoms with Gasteiger partial charge in [0.15, 0.2) is 0 Å². The van der Waals surface area contributed by atoms with Crippen LogP contribution in [0.3, 0.4) is 0 Å². The molecule has 0 spiro atoms. The molecule has 0 aliphatic carbocycles. The van der Waals surface area contributed by atoms with Gasteiger partial charge in [0.05, 0.1) is 11.5 Å². The molecular weight excluding hydrogens is 270 g/mol. The second-order valence-electron chi connectivity index (χ2n) is 4.35. The second-order valence-corrected chi connectivity index (χ2v) is 7.03. The lowest BCUT2D eigenvalue weighted by atomic mass is 9.91. The fraction of sp³-hybridized carbons (Fsp3) is 0.667. The molecular formula is C12H21NO3S2. The third-order valence-electron chi connectivity index (χ3n) is 3.48. The number of nitrogens with one attached hydrogen (secondary N) is 1. The Morgan fingerprint density at radius 1 is 1.28 bits per heavy atom. The molecule has 0 radical (unpaired) electrons. The van der Waals surface area contributed by atoms with Gasteiger partial charge in [-0.15, -0.1) is 11.3 Å². The molecule has 0 amide bonds. The molecule has 0 aliphatic heterocycles. The van der Waals surface area contributed by atoms with E-state index in [2.05, 4.69) is 4.72 Å². The third-order valence-corrected chi connectivity index (χ3v) is 6.11. The zero-order valence-corrected chi connectivity index (χ0v) is 12.7. The number of aliphatic hydroxyl groups is 1. The van der Waals surface area contributed by atoms with Gasteiger partial charge in [0.2, 0.25) is 10.0 Å². The standard InChI is InChI=1S/C12H21NO3S2/c1-4-12(5-2,6-3)13-18(15,16)11-7-10(8-14)17-9-11/h7,9,13-14H,4-6,8H2,1-3H3. The average molecular weight is 291 g/mol. The SMILES string of the molecule is CCC(CC)(CC)NS(=O)(=O)c1csc(CO)c1. The topological polar surface area (TPSA) is 66.4 Å². The molecule has 18 heavy (non-hydrogen) atoms. The smallest absolute Gasteiger partial charge is 0.241 e. The molecule has 1 aromatic heterocycles. The van der Waals surface area contributed by atoms with Gasteiger partial charge in [-0.05, 0) is 25.3 Å². The summed E-state index contributed by atoms with van der Waals surface area (Å²) in [5.41, 5.74) is -0.375. The molecule has 2 N–H and O–H groups in total. The Morgan fingerprint density at radius 3 is 2.22 bits per heavy atom. The van der Waals surface area contributed by atoms with Crippen LogP contribution in [0.4, 0.5) is 0 Å². The van der Waals surface area contributed by atoms with E-state index in [0.717, 1.165) is 19.3 Å². The molecule has 0 atom stereocenters. The third kappa shape index (κ3) is 3.32. The number of thiophene rings is 1. The van der Waals surface area contributed by atoms with Crippen molar-refractivity contribution in [2.45, 2.75) is 57.1 Å². The highest BCUT2D eigenvalue weighted by Crippen LogP contribution is 2.25. The fourth-order valence-corrected chi connectivity index (χ4v) is 4.64. The molecule has 0 aromatic carbocycles. The van der Waals surface area contributed by atoms with Gasteiger partial charge in [0.1, 0.15) is 0 Å². The summed E-state index contributed by atoms with van der Waals surface area (Å²) in [6.45, 7) is 5.84. The number of hydrogen-bond acceptors (Lipinski definition) is 4. The number of aliphatic hydroxyl groups excluding tert-OH is 1. The second kappa shape index (κ2) is 6.14. The minimum absolute atomic E-state index is 0.124. The summed E-state index contributed by atoms with van der Waals surface area (Å²) in [4.78, 5) is 0.904. The predicted octanol–water partition coefficient (Wildman–Crippen LogP) is 2.49. The molecule has 0 fully saturated rings. The molecule has 0 unspecified atom stereocenters. The first-order valence-corrected chi connectivity index (χ1v) is 8.51. The number of rotatable bonds is 7. The Morgan fingerprint density at radius 2 is 1.83 bits per heavy atom. The lowest BCUT2D eigenvalue weighted by Gasteiger charge is -2.31. The maximum Gasteiger partial charge on any atom is 0.241 e. The van der Waals surface area contributed by atoms with Gasteiger partial charge in [0, 0.05) is 15.8 Å². The number of hydrogen-bond donors (Lipinski definition) is 2. The lowest BCUT2D eigenvalue weighted by molar-refractivity contribution is 0.285. The van der Waals surface area contributed by atoms with Crippen LogP contribution < -0.4 is 4.72 Å². The highest BCUT2D eigenvalue weighted by Gasteiger charge is 2.30. The van der Waals surface area contributed by atoms with Crippen molar-refractivity contribution < 1.29 is 13.5 Å². The zero-order valence-electron chi connectivity index (χ0n) is 11.1. The Kier molecular flexibility index (Phi) is 5.33. The molecule has 1 rings (SSSR count). The van der Waals surface area contributed by atoms with Gasteiger partial charge in [-0.1, -0.05) is 20.8 Å². The van der Waals surface area contributed by atoms with Gasteiger partial charge >= 0.3 is 0 Å². The molecule has 0 saturated heterocycles. The van der Waals surface area contributed by atoms with Crippen molar-refractivity contribution in [2.24, 2.45) is 0 Å². The molecule has 1 aromatic rings. The van der Waals surface area contributed by atoms with Crippen LogP contribution in [0.5, 0.6) is 0 Å². The van der Waals surface area contributed by atoms with Crippen molar-refractivity contribution in [1.82, 2.24) is 4.72 Å². The summed E-state index contributed by atoms with van der Waals surface area (Å²) < 4.78 is 27.3. The van der Waals surface area contributed by atoms with Crippen molar-refractivity contribution in [1.29, 1.82) is 0 Å². The highest BCUT2D eigenvalue weighted by atomic mass is 32.2. The Labute approximate surface area is 113 Å². The quantitative estimate of drug-likeness (QED) is 0.811. The van der Waals surface area contributed by atoms with E-state index in [0.29, 0.717) is 4.88 Å². The van der Waals surface area contributed by atoms with E-state index >= 15 is 0 Å². The van der Waals surface area contributed by atoms with E-state index in [1.807, 2.05) is 20.8 Å². The van der Waals surface area contributed by atoms with Crippen molar-refractivity contribution >= 4 is 21.4 Å². The van der Waals surface area contributed by atoms with Gasteiger partial charge in [-0.25, -0.2) is 13.1 Å². The molecule has 4 nitrogen and oxygen atoms in total. The van der Waals surface area contributed by atoms with E-state index < -0.39 is 10.0 Å². The maximum atomic E-state index is 12.3. The Bertz CT molecular complexity index is 467. The average Bonchev–Trinajstić information content (AvgIpc) is 2.85. The number of sulfonamides is 1. The van der Waals surface area contributed by atoms with Gasteiger partial charge in [-0.2, -0.15) is 0 Å². The van der Waals surface area contributed by atoms with Crippen LogP contribution in [-0.4, -0.2) is 19.1 Å². The van der Waals surface area contributed by atoms with Crippen LogP contribution in [-0.2, 0) is 16.6 Å². The first kappa shape index (κ1) is 15.6. The van der Waals surface area contributed by atoms with E-state index in [1.165, 1.54) is 17.4 Å². The van der Waals surface area contributed by atoms with E-state index in [1.54, 1.807) is 5.38 Å². The summed E-state index contributed by atoms with van der Waals surface area (Å²) in [6.07, 6.45) is 2.28. The van der Waals surface area contributed by atoms with Gasteiger partial charge in [0.25, 0.3) is 0 Å². The first-order valence-electron chi connectivity index (χ1n) is 6.15. The maximum absolute atomic E-state index is 12.3. The summed E-state index contributed by atoms with van der Waals surface area (Å²) in [5.74, 6) is 0. The Balaban J connectivity index is 3.00. The zero-order chi connectivity index (χ0) is 13.8. The first-order chi connectivity index (χ1) is 8.43. The summed E-state index contributed by atoms with van der Waals surface area (Å²) in [7, 11) is -3.49. The minimum Gasteiger partial charge on any atom is -0.391 e. The van der Waals surface area contributed by atoms with Crippen molar-refractivity contribution in [3.8, 4) is 0 Å². The van der Waals surface area contributed by atoms with Crippen molar-refractivity contribution in [3.05, 3.63) is 16.3 Å². The summed E-state index contributed by atoms with van der Waals surface area (Å²) in [6, 6.07) is 1.53. The van der Waals surface area contributed by atoms with Gasteiger partial charge in [-0.3, -0.25) is 0 Å². The fourth-order valence-electron chi connectivity index (χ4n) is 1.89. The van der Waals surface area contributed by atoms with Crippen molar-refractivity contribution in [3.63, 3.8) is 0 Å². The van der Waals surface area contributed by atoms with Crippen molar-refractivity contribution in [2.75, 3.05) is 0 Å². The molecule has 0 aliphatic rings. The van der Waals surface area contributed by atoms with Crippen LogP contribution >= 0.6 is 11.3 Å². The normalized spacial score (nSPS) is 12.9. The molecule has 6 heteroatoms. The van der Waals surface area contributed by atoms with Crippen LogP contribution in [0.15, 0.2) is 16.3 Å². The molecule has 1 heterocycles. The van der Waals surface area contributed by atoms with Crippen LogP contribution in [0.2, 0.25) is 0 Å². The molecule has 104 valence electrons. The van der Waals surface area contributed by atoms with Crippen LogP contribution in [0.25, 0.3) is 0 Å². The van der Waals surface area contributed by atoms with E-state index in [9.17, 15) is 8.42 Å². The van der Waals surface area contributed by atoms with E-state index in [4.69, 9.17) is 5.11 Å². The Hall–Kier alpha value is -0.430. The van der Waals surface area contributed by atoms with Crippen LogP contribution in [0.1, 0.15) is 44.9 Å². The van der Waals surface area contributed by atoms with Crippen LogP contribution in [0, 0.1) is 0 Å². The molecule has 0 saturated carbocycles. The lowest BCUT2D eigenvalue weighted by Crippen LogP contribution is -2.46.